The first-order valence-corrected chi connectivity index (χ1v) is 18.7. The van der Waals surface area contributed by atoms with Gasteiger partial charge in [-0.15, -0.1) is 0 Å². The van der Waals surface area contributed by atoms with Crippen molar-refractivity contribution in [1.82, 2.24) is 4.90 Å². The Bertz CT molecular complexity index is 1040. The molecule has 1 heterocycles. The lowest BCUT2D eigenvalue weighted by Gasteiger charge is -2.38. The van der Waals surface area contributed by atoms with Crippen LogP contribution in [0.5, 0.6) is 5.75 Å². The van der Waals surface area contributed by atoms with Gasteiger partial charge in [-0.25, -0.2) is 0 Å². The second-order valence-electron chi connectivity index (χ2n) is 11.1. The molecule has 0 radical (unpaired) electrons. The van der Waals surface area contributed by atoms with E-state index >= 15 is 0 Å². The Balaban J connectivity index is 1.91. The molecule has 2 aromatic carbocycles. The third-order valence-electron chi connectivity index (χ3n) is 7.18. The van der Waals surface area contributed by atoms with Gasteiger partial charge < -0.3 is 9.64 Å². The molecule has 170 valence electrons. The van der Waals surface area contributed by atoms with Gasteiger partial charge in [0.15, 0.2) is 0 Å². The fourth-order valence-corrected chi connectivity index (χ4v) is 11.0. The summed E-state index contributed by atoms with van der Waals surface area (Å²) >= 11 is 0. The molecule has 0 N–H and O–H groups in total. The Hall–Kier alpha value is -2.05. The maximum absolute atomic E-state index is 6.51. The molecule has 0 amide bonds. The summed E-state index contributed by atoms with van der Waals surface area (Å²) in [7, 11) is -3.60. The van der Waals surface area contributed by atoms with E-state index < -0.39 is 16.1 Å². The van der Waals surface area contributed by atoms with Crippen LogP contribution in [0, 0.1) is 6.92 Å². The molecule has 0 saturated carbocycles. The molecule has 2 aliphatic rings. The van der Waals surface area contributed by atoms with Crippen LogP contribution >= 0.6 is 0 Å². The summed E-state index contributed by atoms with van der Waals surface area (Å²) in [5.41, 5.74) is 6.29. The maximum Gasteiger partial charge on any atom is 0.118 e. The minimum atomic E-state index is -2.01. The Morgan fingerprint density at radius 2 is 1.69 bits per heavy atom. The van der Waals surface area contributed by atoms with Crippen LogP contribution in [0.1, 0.15) is 35.1 Å². The lowest BCUT2D eigenvalue weighted by atomic mass is 10.1. The number of hydrogen-bond donors (Lipinski definition) is 0. The van der Waals surface area contributed by atoms with E-state index in [9.17, 15) is 0 Å². The SMILES string of the molecule is C=CCOc1c([Si](C)(C)C)cc(C)cc1[Si](C)(C)C1C(N2CCCC2)=Cc2ccccc21. The highest BCUT2D eigenvalue weighted by molar-refractivity contribution is 6.94. The van der Waals surface area contributed by atoms with E-state index in [2.05, 4.69) is 93.6 Å². The summed E-state index contributed by atoms with van der Waals surface area (Å²) in [6.45, 7) is 21.6. The average molecular weight is 462 g/mol. The molecule has 1 fully saturated rings. The van der Waals surface area contributed by atoms with Gasteiger partial charge in [-0.2, -0.15) is 0 Å². The predicted molar refractivity (Wildman–Crippen MR) is 145 cm³/mol. The number of aryl methyl sites for hydroxylation is 1. The Kier molecular flexibility index (Phi) is 6.30. The van der Waals surface area contributed by atoms with Gasteiger partial charge in [-0.05, 0) is 47.3 Å². The largest absolute Gasteiger partial charge is 0.490 e. The Labute approximate surface area is 197 Å². The van der Waals surface area contributed by atoms with Crippen LogP contribution in [0.4, 0.5) is 0 Å². The number of benzene rings is 2. The topological polar surface area (TPSA) is 12.5 Å². The van der Waals surface area contributed by atoms with Crippen molar-refractivity contribution in [3.8, 4) is 5.75 Å². The molecular formula is C28H39NOSi2. The van der Waals surface area contributed by atoms with Crippen molar-refractivity contribution in [2.45, 2.75) is 58.0 Å². The molecule has 1 aliphatic carbocycles. The number of nitrogens with zero attached hydrogens (tertiary/aromatic N) is 1. The second kappa shape index (κ2) is 8.71. The highest BCUT2D eigenvalue weighted by Crippen LogP contribution is 2.45. The molecule has 1 atom stereocenters. The summed E-state index contributed by atoms with van der Waals surface area (Å²) in [4.78, 5) is 2.67. The normalized spacial score (nSPS) is 18.5. The fourth-order valence-electron chi connectivity index (χ4n) is 5.58. The standard InChI is InChI=1S/C28H39NOSi2/c1-8-17-30-27-25(31(3,4)5)18-21(2)19-26(27)32(6,7)28-23-14-10-9-13-22(23)20-24(28)29-15-11-12-16-29/h8-10,13-14,18-20,28H,1,11-12,15-17H2,2-7H3. The van der Waals surface area contributed by atoms with Gasteiger partial charge >= 0.3 is 0 Å². The van der Waals surface area contributed by atoms with Crippen LogP contribution in [0.25, 0.3) is 6.08 Å². The number of likely N-dealkylation sites (tertiary alicyclic amines) is 1. The van der Waals surface area contributed by atoms with Crippen molar-refractivity contribution in [1.29, 1.82) is 0 Å². The number of allylic oxidation sites excluding steroid dienone is 1. The number of rotatable bonds is 7. The minimum absolute atomic E-state index is 0.458. The molecule has 1 saturated heterocycles. The van der Waals surface area contributed by atoms with Crippen LogP contribution in [-0.4, -0.2) is 40.7 Å². The lowest BCUT2D eigenvalue weighted by molar-refractivity contribution is 0.368. The highest BCUT2D eigenvalue weighted by atomic mass is 28.3. The highest BCUT2D eigenvalue weighted by Gasteiger charge is 2.45. The summed E-state index contributed by atoms with van der Waals surface area (Å²) in [6, 6.07) is 13.9. The zero-order valence-corrected chi connectivity index (χ0v) is 22.8. The molecule has 4 rings (SSSR count). The molecule has 32 heavy (non-hydrogen) atoms. The summed E-state index contributed by atoms with van der Waals surface area (Å²) in [6.07, 6.45) is 6.98. The smallest absolute Gasteiger partial charge is 0.118 e. The van der Waals surface area contributed by atoms with E-state index in [0.29, 0.717) is 12.1 Å². The third kappa shape index (κ3) is 4.15. The van der Waals surface area contributed by atoms with E-state index in [1.54, 1.807) is 5.70 Å². The van der Waals surface area contributed by atoms with Crippen molar-refractivity contribution in [3.05, 3.63) is 71.4 Å². The lowest BCUT2D eigenvalue weighted by Crippen LogP contribution is -2.53. The van der Waals surface area contributed by atoms with Crippen LogP contribution in [0.3, 0.4) is 0 Å². The van der Waals surface area contributed by atoms with Crippen molar-refractivity contribution in [2.75, 3.05) is 19.7 Å². The van der Waals surface area contributed by atoms with E-state index in [-0.39, 0.29) is 0 Å². The molecule has 0 spiro atoms. The first-order valence-electron chi connectivity index (χ1n) is 12.1. The number of fused-ring (bicyclic) bond motifs is 1. The molecule has 2 nitrogen and oxygen atoms in total. The van der Waals surface area contributed by atoms with Gasteiger partial charge in [0, 0.05) is 24.3 Å². The molecule has 0 bridgehead atoms. The van der Waals surface area contributed by atoms with E-state index in [0.717, 1.165) is 5.75 Å². The fraction of sp³-hybridized carbons (Fsp3) is 0.429. The first kappa shape index (κ1) is 23.1. The third-order valence-corrected chi connectivity index (χ3v) is 13.0. The van der Waals surface area contributed by atoms with Crippen LogP contribution in [0.15, 0.2) is 54.8 Å². The van der Waals surface area contributed by atoms with E-state index in [4.69, 9.17) is 4.74 Å². The van der Waals surface area contributed by atoms with Crippen molar-refractivity contribution in [2.24, 2.45) is 0 Å². The molecule has 1 aliphatic heterocycles. The van der Waals surface area contributed by atoms with Crippen molar-refractivity contribution < 1.29 is 4.74 Å². The van der Waals surface area contributed by atoms with E-state index in [1.165, 1.54) is 53.0 Å². The predicted octanol–water partition coefficient (Wildman–Crippen LogP) is 5.79. The van der Waals surface area contributed by atoms with Crippen LogP contribution in [-0.2, 0) is 0 Å². The summed E-state index contributed by atoms with van der Waals surface area (Å²) in [5, 5.41) is 2.93. The van der Waals surface area contributed by atoms with Crippen molar-refractivity contribution in [3.63, 3.8) is 0 Å². The molecular weight excluding hydrogens is 422 g/mol. The van der Waals surface area contributed by atoms with Crippen LogP contribution < -0.4 is 15.1 Å². The number of hydrogen-bond acceptors (Lipinski definition) is 2. The molecule has 2 aromatic rings. The maximum atomic E-state index is 6.51. The van der Waals surface area contributed by atoms with Gasteiger partial charge in [0.25, 0.3) is 0 Å². The zero-order chi connectivity index (χ0) is 23.1. The second-order valence-corrected chi connectivity index (χ2v) is 20.7. The van der Waals surface area contributed by atoms with Gasteiger partial charge in [-0.1, -0.05) is 87.4 Å². The Morgan fingerprint density at radius 3 is 2.34 bits per heavy atom. The Morgan fingerprint density at radius 1 is 1.03 bits per heavy atom. The summed E-state index contributed by atoms with van der Waals surface area (Å²) < 4.78 is 6.51. The van der Waals surface area contributed by atoms with Gasteiger partial charge in [-0.3, -0.25) is 0 Å². The molecule has 0 aromatic heterocycles. The zero-order valence-electron chi connectivity index (χ0n) is 20.8. The monoisotopic (exact) mass is 461 g/mol. The molecule has 1 unspecified atom stereocenters. The van der Waals surface area contributed by atoms with Gasteiger partial charge in [0.1, 0.15) is 12.4 Å². The molecule has 4 heteroatoms. The average Bonchev–Trinajstić information content (AvgIpc) is 3.39. The number of ether oxygens (including phenoxy) is 1. The summed E-state index contributed by atoms with van der Waals surface area (Å²) in [5.74, 6) is 1.16. The minimum Gasteiger partial charge on any atom is -0.490 e. The first-order chi connectivity index (χ1) is 15.1. The quantitative estimate of drug-likeness (QED) is 0.382. The van der Waals surface area contributed by atoms with Gasteiger partial charge in [0.05, 0.1) is 16.1 Å². The van der Waals surface area contributed by atoms with Crippen LogP contribution in [0.2, 0.25) is 32.7 Å². The van der Waals surface area contributed by atoms with Gasteiger partial charge in [0.2, 0.25) is 0 Å². The van der Waals surface area contributed by atoms with E-state index in [1.807, 2.05) is 6.08 Å². The van der Waals surface area contributed by atoms with Crippen molar-refractivity contribution >= 4 is 32.6 Å².